The number of hydrogen-bond acceptors (Lipinski definition) is 7. The van der Waals surface area contributed by atoms with Gasteiger partial charge in [0, 0.05) is 31.0 Å². The lowest BCUT2D eigenvalue weighted by Gasteiger charge is -2.09. The molecule has 27 heavy (non-hydrogen) atoms. The predicted molar refractivity (Wildman–Crippen MR) is 97.8 cm³/mol. The van der Waals surface area contributed by atoms with E-state index in [9.17, 15) is 13.7 Å². The van der Waals surface area contributed by atoms with E-state index in [0.717, 1.165) is 3.97 Å². The van der Waals surface area contributed by atoms with Crippen molar-refractivity contribution in [2.45, 2.75) is 4.90 Å². The molecule has 0 fully saturated rings. The molecule has 10 heteroatoms. The number of benzene rings is 1. The highest BCUT2D eigenvalue weighted by atomic mass is 32.2. The van der Waals surface area contributed by atoms with Gasteiger partial charge >= 0.3 is 0 Å². The summed E-state index contributed by atoms with van der Waals surface area (Å²) in [6.07, 6.45) is 6.28. The number of anilines is 2. The second-order valence-electron chi connectivity index (χ2n) is 5.72. The van der Waals surface area contributed by atoms with E-state index in [-0.39, 0.29) is 22.1 Å². The molecule has 1 N–H and O–H groups in total. The Hall–Kier alpha value is -3.71. The average Bonchev–Trinajstić information content (AvgIpc) is 3.27. The van der Waals surface area contributed by atoms with Crippen molar-refractivity contribution in [2.24, 2.45) is 7.05 Å². The van der Waals surface area contributed by atoms with E-state index >= 15 is 0 Å². The standard InChI is InChI=1S/C17H13N7O2S/c1-23-11-14(10-20-23)21-17-19-9-13-6-7-24(16(13)22-17)27(25,26)15-5-3-2-4-12(15)8-18/h2-7,9-11H,1H3,(H,19,21,22). The summed E-state index contributed by atoms with van der Waals surface area (Å²) in [5.74, 6) is 0.235. The summed E-state index contributed by atoms with van der Waals surface area (Å²) in [6, 6.07) is 9.57. The molecule has 0 aliphatic heterocycles. The number of nitrogens with one attached hydrogen (secondary N) is 1. The lowest BCUT2D eigenvalue weighted by atomic mass is 10.2. The Kier molecular flexibility index (Phi) is 3.86. The zero-order valence-corrected chi connectivity index (χ0v) is 14.9. The van der Waals surface area contributed by atoms with Gasteiger partial charge in [-0.25, -0.2) is 17.4 Å². The first-order valence-electron chi connectivity index (χ1n) is 7.83. The molecule has 0 amide bonds. The van der Waals surface area contributed by atoms with Crippen LogP contribution in [0.5, 0.6) is 0 Å². The van der Waals surface area contributed by atoms with Gasteiger partial charge in [-0.2, -0.15) is 15.3 Å². The Morgan fingerprint density at radius 1 is 1.19 bits per heavy atom. The Morgan fingerprint density at radius 3 is 2.74 bits per heavy atom. The van der Waals surface area contributed by atoms with Crippen LogP contribution in [0.2, 0.25) is 0 Å². The summed E-state index contributed by atoms with van der Waals surface area (Å²) >= 11 is 0. The fraction of sp³-hybridized carbons (Fsp3) is 0.0588. The maximum atomic E-state index is 13.1. The normalized spacial score (nSPS) is 11.4. The molecule has 0 spiro atoms. The summed E-state index contributed by atoms with van der Waals surface area (Å²) in [6.45, 7) is 0. The largest absolute Gasteiger partial charge is 0.321 e. The van der Waals surface area contributed by atoms with Gasteiger partial charge < -0.3 is 5.32 Å². The molecule has 0 saturated carbocycles. The highest BCUT2D eigenvalue weighted by molar-refractivity contribution is 7.90. The second-order valence-corrected chi connectivity index (χ2v) is 7.51. The van der Waals surface area contributed by atoms with E-state index in [1.54, 1.807) is 42.3 Å². The van der Waals surface area contributed by atoms with Gasteiger partial charge in [0.1, 0.15) is 11.0 Å². The van der Waals surface area contributed by atoms with Crippen molar-refractivity contribution in [3.63, 3.8) is 0 Å². The highest BCUT2D eigenvalue weighted by Crippen LogP contribution is 2.24. The van der Waals surface area contributed by atoms with Gasteiger partial charge in [0.05, 0.1) is 17.4 Å². The minimum Gasteiger partial charge on any atom is -0.321 e. The zero-order valence-electron chi connectivity index (χ0n) is 14.1. The molecule has 0 radical (unpaired) electrons. The Bertz CT molecular complexity index is 1300. The summed E-state index contributed by atoms with van der Waals surface area (Å²) in [7, 11) is -2.21. The van der Waals surface area contributed by atoms with Gasteiger partial charge in [0.15, 0.2) is 5.65 Å². The number of nitriles is 1. The first-order chi connectivity index (χ1) is 13.0. The van der Waals surface area contributed by atoms with Crippen LogP contribution in [0.25, 0.3) is 11.0 Å². The molecule has 9 nitrogen and oxygen atoms in total. The van der Waals surface area contributed by atoms with Crippen molar-refractivity contribution < 1.29 is 8.42 Å². The summed E-state index contributed by atoms with van der Waals surface area (Å²) < 4.78 is 28.8. The molecule has 0 aliphatic rings. The molecule has 4 rings (SSSR count). The molecule has 4 aromatic rings. The average molecular weight is 379 g/mol. The van der Waals surface area contributed by atoms with Crippen LogP contribution in [0.15, 0.2) is 60.0 Å². The van der Waals surface area contributed by atoms with Gasteiger partial charge in [0.2, 0.25) is 5.95 Å². The summed E-state index contributed by atoms with van der Waals surface area (Å²) in [5.41, 5.74) is 0.957. The fourth-order valence-electron chi connectivity index (χ4n) is 2.65. The van der Waals surface area contributed by atoms with Crippen LogP contribution in [-0.4, -0.2) is 32.1 Å². The van der Waals surface area contributed by atoms with Gasteiger partial charge in [-0.15, -0.1) is 0 Å². The van der Waals surface area contributed by atoms with Crippen LogP contribution < -0.4 is 5.32 Å². The highest BCUT2D eigenvalue weighted by Gasteiger charge is 2.23. The SMILES string of the molecule is Cn1cc(Nc2ncc3ccn(S(=O)(=O)c4ccccc4C#N)c3n2)cn1. The molecule has 0 saturated heterocycles. The third-order valence-corrected chi connectivity index (χ3v) is 5.62. The topological polar surface area (TPSA) is 118 Å². The molecular formula is C17H13N7O2S. The smallest absolute Gasteiger partial charge is 0.270 e. The molecule has 0 unspecified atom stereocenters. The predicted octanol–water partition coefficient (Wildman–Crippen LogP) is 2.02. The van der Waals surface area contributed by atoms with Gasteiger partial charge in [-0.05, 0) is 18.2 Å². The van der Waals surface area contributed by atoms with E-state index in [1.807, 2.05) is 6.07 Å². The summed E-state index contributed by atoms with van der Waals surface area (Å²) in [4.78, 5) is 8.44. The van der Waals surface area contributed by atoms with Gasteiger partial charge in [0.25, 0.3) is 10.0 Å². The molecular weight excluding hydrogens is 366 g/mol. The monoisotopic (exact) mass is 379 g/mol. The number of aromatic nitrogens is 5. The Morgan fingerprint density at radius 2 is 2.00 bits per heavy atom. The van der Waals surface area contributed by atoms with Crippen LogP contribution in [-0.2, 0) is 17.1 Å². The van der Waals surface area contributed by atoms with E-state index < -0.39 is 10.0 Å². The Labute approximate surface area is 154 Å². The minimum absolute atomic E-state index is 0.0714. The van der Waals surface area contributed by atoms with Crippen LogP contribution in [0, 0.1) is 11.3 Å². The van der Waals surface area contributed by atoms with Gasteiger partial charge in [-0.1, -0.05) is 12.1 Å². The van der Waals surface area contributed by atoms with Crippen molar-refractivity contribution in [2.75, 3.05) is 5.32 Å². The molecule has 3 aromatic heterocycles. The molecule has 3 heterocycles. The fourth-order valence-corrected chi connectivity index (χ4v) is 4.10. The van der Waals surface area contributed by atoms with Crippen molar-refractivity contribution in [1.29, 1.82) is 5.26 Å². The van der Waals surface area contributed by atoms with Crippen LogP contribution >= 0.6 is 0 Å². The van der Waals surface area contributed by atoms with Crippen LogP contribution in [0.3, 0.4) is 0 Å². The molecule has 0 atom stereocenters. The van der Waals surface area contributed by atoms with Crippen LogP contribution in [0.1, 0.15) is 5.56 Å². The lowest BCUT2D eigenvalue weighted by Crippen LogP contribution is -2.14. The third-order valence-electron chi connectivity index (χ3n) is 3.90. The number of hydrogen-bond donors (Lipinski definition) is 1. The number of nitrogens with zero attached hydrogens (tertiary/aromatic N) is 6. The van der Waals surface area contributed by atoms with Crippen molar-refractivity contribution in [3.05, 3.63) is 60.7 Å². The number of rotatable bonds is 4. The first kappa shape index (κ1) is 16.7. The first-order valence-corrected chi connectivity index (χ1v) is 9.27. The zero-order chi connectivity index (χ0) is 19.0. The van der Waals surface area contributed by atoms with E-state index in [4.69, 9.17) is 0 Å². The quantitative estimate of drug-likeness (QED) is 0.576. The molecule has 0 bridgehead atoms. The van der Waals surface area contributed by atoms with Crippen LogP contribution in [0.4, 0.5) is 11.6 Å². The summed E-state index contributed by atoms with van der Waals surface area (Å²) in [5, 5.41) is 16.8. The molecule has 0 aliphatic carbocycles. The third kappa shape index (κ3) is 2.90. The molecule has 1 aromatic carbocycles. The second kappa shape index (κ2) is 6.22. The number of aryl methyl sites for hydroxylation is 1. The van der Waals surface area contributed by atoms with Crippen molar-refractivity contribution >= 4 is 32.7 Å². The maximum absolute atomic E-state index is 13.1. The van der Waals surface area contributed by atoms with Crippen molar-refractivity contribution in [3.8, 4) is 6.07 Å². The van der Waals surface area contributed by atoms with Crippen molar-refractivity contribution in [1.82, 2.24) is 23.7 Å². The minimum atomic E-state index is -3.99. The molecule has 134 valence electrons. The maximum Gasteiger partial charge on any atom is 0.270 e. The lowest BCUT2D eigenvalue weighted by molar-refractivity contribution is 0.588. The van der Waals surface area contributed by atoms with E-state index in [1.165, 1.54) is 24.5 Å². The Balaban J connectivity index is 1.82. The van der Waals surface area contributed by atoms with E-state index in [0.29, 0.717) is 11.1 Å². The van der Waals surface area contributed by atoms with E-state index in [2.05, 4.69) is 20.4 Å². The number of fused-ring (bicyclic) bond motifs is 1. The van der Waals surface area contributed by atoms with Gasteiger partial charge in [-0.3, -0.25) is 4.68 Å².